The van der Waals surface area contributed by atoms with E-state index in [-0.39, 0.29) is 12.4 Å². The molecule has 2 aromatic rings. The van der Waals surface area contributed by atoms with Gasteiger partial charge >= 0.3 is 6.18 Å². The van der Waals surface area contributed by atoms with Crippen LogP contribution in [-0.2, 0) is 6.18 Å². The van der Waals surface area contributed by atoms with Gasteiger partial charge in [0, 0.05) is 0 Å². The second-order valence-corrected chi connectivity index (χ2v) is 4.60. The van der Waals surface area contributed by atoms with E-state index in [2.05, 4.69) is 0 Å². The highest BCUT2D eigenvalue weighted by Crippen LogP contribution is 2.36. The zero-order chi connectivity index (χ0) is 16.2. The van der Waals surface area contributed by atoms with Gasteiger partial charge < -0.3 is 14.6 Å². The maximum Gasteiger partial charge on any atom is 0.419 e. The summed E-state index contributed by atoms with van der Waals surface area (Å²) >= 11 is 0. The smallest absolute Gasteiger partial charge is 0.419 e. The Kier molecular flexibility index (Phi) is 4.92. The lowest BCUT2D eigenvalue weighted by molar-refractivity contribution is -0.139. The van der Waals surface area contributed by atoms with Crippen LogP contribution in [0.15, 0.2) is 48.5 Å². The number of para-hydroxylation sites is 1. The van der Waals surface area contributed by atoms with E-state index < -0.39 is 17.8 Å². The standard InChI is InChI=1S/C16H15F3O3/c1-21-12-6-4-5-11(9-12)14(20)10-22-15-8-3-2-7-13(15)16(17,18)19/h2-9,14,20H,10H2,1H3. The average Bonchev–Trinajstić information content (AvgIpc) is 2.52. The van der Waals surface area contributed by atoms with Crippen molar-refractivity contribution in [3.63, 3.8) is 0 Å². The van der Waals surface area contributed by atoms with Crippen LogP contribution < -0.4 is 9.47 Å². The summed E-state index contributed by atoms with van der Waals surface area (Å²) in [7, 11) is 1.49. The molecule has 0 heterocycles. The minimum Gasteiger partial charge on any atom is -0.497 e. The van der Waals surface area contributed by atoms with E-state index >= 15 is 0 Å². The van der Waals surface area contributed by atoms with Crippen molar-refractivity contribution in [2.75, 3.05) is 13.7 Å². The summed E-state index contributed by atoms with van der Waals surface area (Å²) in [5.74, 6) is 0.240. The predicted molar refractivity (Wildman–Crippen MR) is 74.9 cm³/mol. The molecule has 0 aliphatic heterocycles. The van der Waals surface area contributed by atoms with Gasteiger partial charge in [-0.25, -0.2) is 0 Å². The van der Waals surface area contributed by atoms with E-state index in [4.69, 9.17) is 9.47 Å². The van der Waals surface area contributed by atoms with Crippen molar-refractivity contribution in [2.45, 2.75) is 12.3 Å². The molecular formula is C16H15F3O3. The van der Waals surface area contributed by atoms with E-state index in [9.17, 15) is 18.3 Å². The summed E-state index contributed by atoms with van der Waals surface area (Å²) in [5, 5.41) is 10.0. The van der Waals surface area contributed by atoms with Crippen LogP contribution in [0.25, 0.3) is 0 Å². The van der Waals surface area contributed by atoms with Crippen molar-refractivity contribution in [3.05, 3.63) is 59.7 Å². The average molecular weight is 312 g/mol. The SMILES string of the molecule is COc1cccc(C(O)COc2ccccc2C(F)(F)F)c1. The second-order valence-electron chi connectivity index (χ2n) is 4.60. The number of methoxy groups -OCH3 is 1. The molecule has 0 bridgehead atoms. The quantitative estimate of drug-likeness (QED) is 0.912. The molecular weight excluding hydrogens is 297 g/mol. The molecule has 6 heteroatoms. The Balaban J connectivity index is 2.10. The fourth-order valence-electron chi connectivity index (χ4n) is 1.94. The maximum absolute atomic E-state index is 12.8. The molecule has 3 nitrogen and oxygen atoms in total. The van der Waals surface area contributed by atoms with Crippen LogP contribution >= 0.6 is 0 Å². The van der Waals surface area contributed by atoms with Gasteiger partial charge in [0.15, 0.2) is 0 Å². The zero-order valence-corrected chi connectivity index (χ0v) is 11.8. The third kappa shape index (κ3) is 3.92. The van der Waals surface area contributed by atoms with E-state index in [0.717, 1.165) is 6.07 Å². The van der Waals surface area contributed by atoms with E-state index in [1.54, 1.807) is 24.3 Å². The molecule has 0 saturated carbocycles. The van der Waals surface area contributed by atoms with Crippen LogP contribution in [0.4, 0.5) is 13.2 Å². The van der Waals surface area contributed by atoms with Gasteiger partial charge in [0.25, 0.3) is 0 Å². The summed E-state index contributed by atoms with van der Waals surface area (Å²) < 4.78 is 48.7. The first-order valence-corrected chi connectivity index (χ1v) is 6.53. The Labute approximate surface area is 125 Å². The lowest BCUT2D eigenvalue weighted by Gasteiger charge is -2.16. The first-order chi connectivity index (χ1) is 10.4. The molecule has 0 fully saturated rings. The molecule has 1 atom stereocenters. The van der Waals surface area contributed by atoms with Gasteiger partial charge in [-0.3, -0.25) is 0 Å². The van der Waals surface area contributed by atoms with Gasteiger partial charge in [-0.2, -0.15) is 13.2 Å². The van der Waals surface area contributed by atoms with Crippen LogP contribution in [0.3, 0.4) is 0 Å². The molecule has 1 N–H and O–H groups in total. The molecule has 0 saturated heterocycles. The number of alkyl halides is 3. The van der Waals surface area contributed by atoms with Crippen LogP contribution in [0.1, 0.15) is 17.2 Å². The maximum atomic E-state index is 12.8. The number of ether oxygens (including phenoxy) is 2. The predicted octanol–water partition coefficient (Wildman–Crippen LogP) is 3.83. The molecule has 0 aromatic heterocycles. The van der Waals surface area contributed by atoms with Gasteiger partial charge in [-0.1, -0.05) is 24.3 Å². The number of hydrogen-bond donors (Lipinski definition) is 1. The Morgan fingerprint density at radius 3 is 2.50 bits per heavy atom. The highest BCUT2D eigenvalue weighted by molar-refractivity contribution is 5.36. The van der Waals surface area contributed by atoms with Crippen molar-refractivity contribution >= 4 is 0 Å². The summed E-state index contributed by atoms with van der Waals surface area (Å²) in [6.07, 6.45) is -5.56. The van der Waals surface area contributed by atoms with Crippen molar-refractivity contribution in [1.82, 2.24) is 0 Å². The summed E-state index contributed by atoms with van der Waals surface area (Å²) in [5.41, 5.74) is -0.364. The largest absolute Gasteiger partial charge is 0.497 e. The topological polar surface area (TPSA) is 38.7 Å². The Hall–Kier alpha value is -2.21. The Bertz CT molecular complexity index is 626. The lowest BCUT2D eigenvalue weighted by atomic mass is 10.1. The van der Waals surface area contributed by atoms with Crippen molar-refractivity contribution < 1.29 is 27.8 Å². The molecule has 0 radical (unpaired) electrons. The van der Waals surface area contributed by atoms with Gasteiger partial charge in [-0.15, -0.1) is 0 Å². The fourth-order valence-corrected chi connectivity index (χ4v) is 1.94. The van der Waals surface area contributed by atoms with Gasteiger partial charge in [0.05, 0.1) is 12.7 Å². The third-order valence-corrected chi connectivity index (χ3v) is 3.07. The van der Waals surface area contributed by atoms with Crippen LogP contribution in [0.5, 0.6) is 11.5 Å². The third-order valence-electron chi connectivity index (χ3n) is 3.07. The molecule has 1 unspecified atom stereocenters. The molecule has 22 heavy (non-hydrogen) atoms. The number of halogens is 3. The normalized spacial score (nSPS) is 12.8. The number of rotatable bonds is 5. The zero-order valence-electron chi connectivity index (χ0n) is 11.8. The molecule has 0 aliphatic rings. The highest BCUT2D eigenvalue weighted by atomic mass is 19.4. The van der Waals surface area contributed by atoms with Crippen LogP contribution in [0.2, 0.25) is 0 Å². The Morgan fingerprint density at radius 2 is 1.82 bits per heavy atom. The van der Waals surface area contributed by atoms with Crippen LogP contribution in [-0.4, -0.2) is 18.8 Å². The molecule has 0 aliphatic carbocycles. The minimum absolute atomic E-state index is 0.291. The second kappa shape index (κ2) is 6.70. The monoisotopic (exact) mass is 312 g/mol. The minimum atomic E-state index is -4.50. The summed E-state index contributed by atoms with van der Waals surface area (Å²) in [6, 6.07) is 11.5. The number of benzene rings is 2. The van der Waals surface area contributed by atoms with E-state index in [1.165, 1.54) is 25.3 Å². The Morgan fingerprint density at radius 1 is 1.09 bits per heavy atom. The fraction of sp³-hybridized carbons (Fsp3) is 0.250. The van der Waals surface area contributed by atoms with Gasteiger partial charge in [-0.05, 0) is 29.8 Å². The van der Waals surface area contributed by atoms with Crippen molar-refractivity contribution in [3.8, 4) is 11.5 Å². The summed E-state index contributed by atoms with van der Waals surface area (Å²) in [6.45, 7) is -0.291. The molecule has 0 spiro atoms. The van der Waals surface area contributed by atoms with Crippen LogP contribution in [0, 0.1) is 0 Å². The molecule has 2 rings (SSSR count). The first-order valence-electron chi connectivity index (χ1n) is 6.53. The van der Waals surface area contributed by atoms with Gasteiger partial charge in [0.2, 0.25) is 0 Å². The molecule has 0 amide bonds. The number of aliphatic hydroxyl groups excluding tert-OH is 1. The van der Waals surface area contributed by atoms with E-state index in [1.807, 2.05) is 0 Å². The lowest BCUT2D eigenvalue weighted by Crippen LogP contribution is -2.13. The van der Waals surface area contributed by atoms with Crippen molar-refractivity contribution in [1.29, 1.82) is 0 Å². The first kappa shape index (κ1) is 16.2. The number of aliphatic hydroxyl groups is 1. The summed E-state index contributed by atoms with van der Waals surface area (Å²) in [4.78, 5) is 0. The molecule has 118 valence electrons. The van der Waals surface area contributed by atoms with Crippen molar-refractivity contribution in [2.24, 2.45) is 0 Å². The highest BCUT2D eigenvalue weighted by Gasteiger charge is 2.34. The van der Waals surface area contributed by atoms with E-state index in [0.29, 0.717) is 11.3 Å². The van der Waals surface area contributed by atoms with Gasteiger partial charge in [0.1, 0.15) is 24.2 Å². The molecule has 2 aromatic carbocycles. The number of hydrogen-bond acceptors (Lipinski definition) is 3.